The Balaban J connectivity index is 1.55. The smallest absolute Gasteiger partial charge is 0.410 e. The molecule has 254 valence electrons. The molecule has 0 aliphatic carbocycles. The molecule has 3 aliphatic rings. The van der Waals surface area contributed by atoms with Gasteiger partial charge in [0, 0.05) is 58.3 Å². The van der Waals surface area contributed by atoms with E-state index in [4.69, 9.17) is 9.47 Å². The largest absolute Gasteiger partial charge is 0.457 e. The Labute approximate surface area is 272 Å². The van der Waals surface area contributed by atoms with Crippen LogP contribution in [-0.2, 0) is 29.1 Å². The predicted octanol–water partition coefficient (Wildman–Crippen LogP) is 2.59. The van der Waals surface area contributed by atoms with Gasteiger partial charge in [-0.05, 0) is 62.1 Å². The molecule has 1 aromatic rings. The highest BCUT2D eigenvalue weighted by atomic mass is 32.2. The SMILES string of the molecule is C/C(=C\c1cccc(S(=O)(=O)N2CCN(C=O)CC2)c1)[C@H]1OC(=O)C[C@H](O)CC[C@H](C)[C@@H](OC(=O)N2CCN(C)CC2)/C=C\[C@@H]1C. The number of sulfonamides is 1. The number of hydrogen-bond acceptors (Lipinski definition) is 9. The lowest BCUT2D eigenvalue weighted by molar-refractivity contribution is -0.151. The summed E-state index contributed by atoms with van der Waals surface area (Å²) < 4.78 is 40.0. The number of carbonyl (C=O) groups is 3. The fourth-order valence-corrected chi connectivity index (χ4v) is 7.42. The molecule has 2 saturated heterocycles. The zero-order valence-electron chi connectivity index (χ0n) is 27.3. The van der Waals surface area contributed by atoms with Crippen LogP contribution in [0, 0.1) is 11.8 Å². The van der Waals surface area contributed by atoms with Gasteiger partial charge in [0.05, 0.1) is 17.4 Å². The zero-order chi connectivity index (χ0) is 33.4. The Morgan fingerprint density at radius 2 is 1.72 bits per heavy atom. The number of hydrogen-bond donors (Lipinski definition) is 1. The standard InChI is InChI=1S/C33H48N4O8S/c1-24-8-10-28(39)22-31(40)45-32(25(2)9-11-30(24)44-33(41)36-16-12-34(4)13-17-36)26(3)20-27-6-5-7-29(21-27)46(42,43)37-18-14-35(23-38)15-19-37/h5-7,9,11,20-21,23-25,28,30,32,39H,8,10,12-19,22H2,1-4H3/b11-9-,26-20+/t24-,25-,28+,30-,32-/m0/s1. The highest BCUT2D eigenvalue weighted by Crippen LogP contribution is 2.27. The van der Waals surface area contributed by atoms with Crippen LogP contribution in [0.4, 0.5) is 4.79 Å². The van der Waals surface area contributed by atoms with E-state index in [1.54, 1.807) is 40.1 Å². The topological polar surface area (TPSA) is 137 Å². The van der Waals surface area contributed by atoms with Crippen LogP contribution in [-0.4, -0.2) is 129 Å². The van der Waals surface area contributed by atoms with E-state index in [2.05, 4.69) is 4.90 Å². The average Bonchev–Trinajstić information content (AvgIpc) is 3.04. The van der Waals surface area contributed by atoms with Gasteiger partial charge in [-0.1, -0.05) is 38.1 Å². The number of aliphatic hydroxyl groups excluding tert-OH is 1. The third-order valence-electron chi connectivity index (χ3n) is 9.02. The molecule has 2 amide bonds. The third kappa shape index (κ3) is 9.40. The van der Waals surface area contributed by atoms with Gasteiger partial charge in [-0.25, -0.2) is 13.2 Å². The lowest BCUT2D eigenvalue weighted by atomic mass is 9.91. The summed E-state index contributed by atoms with van der Waals surface area (Å²) in [6.07, 6.45) is 4.51. The third-order valence-corrected chi connectivity index (χ3v) is 10.9. The molecule has 4 rings (SSSR count). The van der Waals surface area contributed by atoms with Crippen molar-refractivity contribution in [1.82, 2.24) is 19.0 Å². The summed E-state index contributed by atoms with van der Waals surface area (Å²) in [6, 6.07) is 6.58. The van der Waals surface area contributed by atoms with Gasteiger partial charge in [0.25, 0.3) is 0 Å². The van der Waals surface area contributed by atoms with Gasteiger partial charge >= 0.3 is 12.1 Å². The molecule has 0 unspecified atom stereocenters. The summed E-state index contributed by atoms with van der Waals surface area (Å²) in [7, 11) is -1.75. The number of carbonyl (C=O) groups excluding carboxylic acids is 3. The first-order valence-corrected chi connectivity index (χ1v) is 17.5. The predicted molar refractivity (Wildman–Crippen MR) is 173 cm³/mol. The molecule has 2 fully saturated rings. The second-order valence-electron chi connectivity index (χ2n) is 12.7. The molecule has 0 spiro atoms. The minimum Gasteiger partial charge on any atom is -0.457 e. The molecule has 5 atom stereocenters. The number of nitrogens with zero attached hydrogens (tertiary/aromatic N) is 4. The second kappa shape index (κ2) is 16.0. The number of amides is 2. The minimum atomic E-state index is -3.77. The number of likely N-dealkylation sites (N-methyl/N-ethyl adjacent to an activating group) is 1. The number of esters is 1. The molecule has 1 aromatic carbocycles. The second-order valence-corrected chi connectivity index (χ2v) is 14.7. The molecule has 46 heavy (non-hydrogen) atoms. The molecule has 0 radical (unpaired) electrons. The van der Waals surface area contributed by atoms with Crippen molar-refractivity contribution in [1.29, 1.82) is 0 Å². The maximum Gasteiger partial charge on any atom is 0.410 e. The van der Waals surface area contributed by atoms with E-state index in [1.807, 2.05) is 40.0 Å². The zero-order valence-corrected chi connectivity index (χ0v) is 28.1. The lowest BCUT2D eigenvalue weighted by Gasteiger charge is -2.33. The van der Waals surface area contributed by atoms with Crippen LogP contribution in [0.5, 0.6) is 0 Å². The van der Waals surface area contributed by atoms with Crippen LogP contribution in [0.1, 0.15) is 45.6 Å². The summed E-state index contributed by atoms with van der Waals surface area (Å²) in [5.74, 6) is -0.941. The Morgan fingerprint density at radius 1 is 1.02 bits per heavy atom. The number of cyclic esters (lactones) is 1. The van der Waals surface area contributed by atoms with Gasteiger partial charge in [-0.3, -0.25) is 9.59 Å². The number of aliphatic hydroxyl groups is 1. The molecular weight excluding hydrogens is 612 g/mol. The molecule has 0 bridgehead atoms. The number of piperazine rings is 2. The van der Waals surface area contributed by atoms with Crippen LogP contribution in [0.25, 0.3) is 6.08 Å². The van der Waals surface area contributed by atoms with E-state index in [0.29, 0.717) is 50.2 Å². The van der Waals surface area contributed by atoms with E-state index in [9.17, 15) is 27.9 Å². The maximum absolute atomic E-state index is 13.4. The van der Waals surface area contributed by atoms with Crippen LogP contribution in [0.15, 0.2) is 46.9 Å². The summed E-state index contributed by atoms with van der Waals surface area (Å²) >= 11 is 0. The van der Waals surface area contributed by atoms with Crippen molar-refractivity contribution >= 4 is 34.6 Å². The minimum absolute atomic E-state index is 0.0915. The van der Waals surface area contributed by atoms with Crippen molar-refractivity contribution in [3.8, 4) is 0 Å². The Bertz CT molecular complexity index is 1380. The molecule has 3 aliphatic heterocycles. The van der Waals surface area contributed by atoms with E-state index in [0.717, 1.165) is 19.5 Å². The molecular formula is C33H48N4O8S. The van der Waals surface area contributed by atoms with Gasteiger partial charge in [0.15, 0.2) is 0 Å². The van der Waals surface area contributed by atoms with Crippen molar-refractivity contribution in [2.24, 2.45) is 11.8 Å². The number of benzene rings is 1. The highest BCUT2D eigenvalue weighted by molar-refractivity contribution is 7.89. The molecule has 0 saturated carbocycles. The first-order valence-electron chi connectivity index (χ1n) is 16.0. The average molecular weight is 661 g/mol. The van der Waals surface area contributed by atoms with Crippen molar-refractivity contribution < 1.29 is 37.4 Å². The van der Waals surface area contributed by atoms with Crippen molar-refractivity contribution in [2.45, 2.75) is 63.2 Å². The monoisotopic (exact) mass is 660 g/mol. The van der Waals surface area contributed by atoms with Crippen molar-refractivity contribution in [3.05, 3.63) is 47.6 Å². The van der Waals surface area contributed by atoms with E-state index in [-0.39, 0.29) is 42.3 Å². The van der Waals surface area contributed by atoms with Crippen molar-refractivity contribution in [3.63, 3.8) is 0 Å². The molecule has 12 nitrogen and oxygen atoms in total. The summed E-state index contributed by atoms with van der Waals surface area (Å²) in [4.78, 5) is 42.6. The fourth-order valence-electron chi connectivity index (χ4n) is 5.94. The van der Waals surface area contributed by atoms with Gasteiger partial charge in [-0.2, -0.15) is 4.31 Å². The number of ether oxygens (including phenoxy) is 2. The van der Waals surface area contributed by atoms with Crippen molar-refractivity contribution in [2.75, 3.05) is 59.4 Å². The van der Waals surface area contributed by atoms with Gasteiger partial charge in [0.1, 0.15) is 12.2 Å². The molecule has 0 aromatic heterocycles. The lowest BCUT2D eigenvalue weighted by Crippen LogP contribution is -2.48. The Morgan fingerprint density at radius 3 is 2.39 bits per heavy atom. The van der Waals surface area contributed by atoms with E-state index >= 15 is 0 Å². The first-order chi connectivity index (χ1) is 21.9. The maximum atomic E-state index is 13.4. The summed E-state index contributed by atoms with van der Waals surface area (Å²) in [5.41, 5.74) is 1.31. The first kappa shape index (κ1) is 35.6. The van der Waals surface area contributed by atoms with Crippen LogP contribution in [0.2, 0.25) is 0 Å². The van der Waals surface area contributed by atoms with E-state index in [1.165, 1.54) is 4.31 Å². The van der Waals surface area contributed by atoms with Crippen LogP contribution >= 0.6 is 0 Å². The molecule has 3 heterocycles. The summed E-state index contributed by atoms with van der Waals surface area (Å²) in [5, 5.41) is 10.6. The van der Waals surface area contributed by atoms with Gasteiger partial charge < -0.3 is 29.3 Å². The quantitative estimate of drug-likeness (QED) is 0.277. The normalized spacial score (nSPS) is 28.8. The van der Waals surface area contributed by atoms with Gasteiger partial charge in [0.2, 0.25) is 16.4 Å². The Kier molecular flexibility index (Phi) is 12.4. The highest BCUT2D eigenvalue weighted by Gasteiger charge is 2.30. The van der Waals surface area contributed by atoms with Crippen LogP contribution in [0.3, 0.4) is 0 Å². The molecule has 1 N–H and O–H groups in total. The van der Waals surface area contributed by atoms with Gasteiger partial charge in [-0.15, -0.1) is 0 Å². The fraction of sp³-hybridized carbons (Fsp3) is 0.606. The number of rotatable bonds is 6. The van der Waals surface area contributed by atoms with E-state index < -0.39 is 34.3 Å². The molecule has 13 heteroatoms. The van der Waals surface area contributed by atoms with Crippen LogP contribution < -0.4 is 0 Å². The Hall–Kier alpha value is -3.26. The summed E-state index contributed by atoms with van der Waals surface area (Å²) in [6.45, 7) is 9.55.